The molecule has 6 nitrogen and oxygen atoms in total. The van der Waals surface area contributed by atoms with Gasteiger partial charge in [0.1, 0.15) is 5.58 Å². The maximum absolute atomic E-state index is 13.7. The Kier molecular flexibility index (Phi) is 5.04. The van der Waals surface area contributed by atoms with Gasteiger partial charge in [0.2, 0.25) is 17.5 Å². The molecule has 1 amide bonds. The highest BCUT2D eigenvalue weighted by Gasteiger charge is 2.58. The van der Waals surface area contributed by atoms with Gasteiger partial charge >= 0.3 is 6.18 Å². The summed E-state index contributed by atoms with van der Waals surface area (Å²) < 4.78 is 52.3. The third-order valence-electron chi connectivity index (χ3n) is 7.04. The molecule has 1 N–H and O–H groups in total. The lowest BCUT2D eigenvalue weighted by atomic mass is 9.84. The molecule has 1 aromatic carbocycles. The summed E-state index contributed by atoms with van der Waals surface area (Å²) in [6.07, 6.45) is 0.0908. The number of fused-ring (bicyclic) bond motifs is 3. The van der Waals surface area contributed by atoms with Crippen LogP contribution in [0.5, 0.6) is 0 Å². The summed E-state index contributed by atoms with van der Waals surface area (Å²) in [5, 5.41) is 11.1. The molecular weight excluding hydrogens is 459 g/mol. The minimum Gasteiger partial charge on any atom is -0.449 e. The molecule has 33 heavy (non-hydrogen) atoms. The highest BCUT2D eigenvalue weighted by Crippen LogP contribution is 2.57. The Morgan fingerprint density at radius 3 is 2.52 bits per heavy atom. The topological polar surface area (TPSA) is 81.2 Å². The van der Waals surface area contributed by atoms with Crippen LogP contribution in [0.15, 0.2) is 21.0 Å². The molecule has 176 valence electrons. The van der Waals surface area contributed by atoms with E-state index in [-0.39, 0.29) is 21.6 Å². The van der Waals surface area contributed by atoms with Crippen molar-refractivity contribution in [2.45, 2.75) is 75.9 Å². The molecule has 0 unspecified atom stereocenters. The summed E-state index contributed by atoms with van der Waals surface area (Å²) in [7, 11) is 0. The second-order valence-corrected chi connectivity index (χ2v) is 9.71. The number of aryl methyl sites for hydroxylation is 2. The normalized spacial score (nSPS) is 24.7. The van der Waals surface area contributed by atoms with E-state index < -0.39 is 28.8 Å². The number of amides is 1. The summed E-state index contributed by atoms with van der Waals surface area (Å²) in [6, 6.07) is 2.64. The largest absolute Gasteiger partial charge is 0.449 e. The monoisotopic (exact) mass is 481 g/mol. The van der Waals surface area contributed by atoms with E-state index in [4.69, 9.17) is 20.4 Å². The van der Waals surface area contributed by atoms with Crippen molar-refractivity contribution < 1.29 is 26.8 Å². The van der Waals surface area contributed by atoms with Crippen molar-refractivity contribution in [2.24, 2.45) is 0 Å². The smallest absolute Gasteiger partial charge is 0.420 e. The lowest BCUT2D eigenvalue weighted by Gasteiger charge is -2.27. The number of nitrogens with one attached hydrogen (secondary N) is 1. The van der Waals surface area contributed by atoms with Gasteiger partial charge in [0.25, 0.3) is 5.91 Å². The van der Waals surface area contributed by atoms with Crippen LogP contribution in [0.4, 0.5) is 13.2 Å². The van der Waals surface area contributed by atoms with E-state index >= 15 is 0 Å². The van der Waals surface area contributed by atoms with Crippen LogP contribution in [0, 0.1) is 6.92 Å². The number of halogens is 4. The number of carbonyl (C=O) groups is 1. The van der Waals surface area contributed by atoms with E-state index in [0.29, 0.717) is 49.4 Å². The molecule has 10 heteroatoms. The molecule has 0 spiro atoms. The summed E-state index contributed by atoms with van der Waals surface area (Å²) in [5.74, 6) is 0.164. The van der Waals surface area contributed by atoms with E-state index in [0.717, 1.165) is 18.9 Å². The summed E-state index contributed by atoms with van der Waals surface area (Å²) in [6.45, 7) is 3.61. The highest BCUT2D eigenvalue weighted by atomic mass is 35.5. The number of rotatable bonds is 5. The minimum absolute atomic E-state index is 0.0999. The van der Waals surface area contributed by atoms with Crippen LogP contribution < -0.4 is 5.32 Å². The van der Waals surface area contributed by atoms with Crippen LogP contribution in [-0.2, 0) is 18.0 Å². The third-order valence-corrected chi connectivity index (χ3v) is 7.41. The number of aromatic nitrogens is 2. The van der Waals surface area contributed by atoms with Crippen LogP contribution in [0.2, 0.25) is 5.02 Å². The predicted molar refractivity (Wildman–Crippen MR) is 114 cm³/mol. The number of alkyl halides is 3. The van der Waals surface area contributed by atoms with Crippen molar-refractivity contribution in [3.8, 4) is 0 Å². The van der Waals surface area contributed by atoms with Crippen molar-refractivity contribution in [2.75, 3.05) is 0 Å². The molecule has 2 aliphatic rings. The maximum Gasteiger partial charge on any atom is 0.420 e. The average molecular weight is 482 g/mol. The molecule has 2 bridgehead atoms. The first-order valence-electron chi connectivity index (χ1n) is 11.0. The van der Waals surface area contributed by atoms with Gasteiger partial charge in [-0.3, -0.25) is 4.79 Å². The van der Waals surface area contributed by atoms with Crippen molar-refractivity contribution in [1.29, 1.82) is 0 Å². The molecule has 0 aliphatic heterocycles. The Morgan fingerprint density at radius 1 is 1.18 bits per heavy atom. The van der Waals surface area contributed by atoms with Crippen molar-refractivity contribution in [1.82, 2.24) is 15.5 Å². The Balaban J connectivity index is 1.47. The molecule has 2 aliphatic carbocycles. The molecule has 0 atom stereocenters. The number of hydrogen-bond acceptors (Lipinski definition) is 5. The van der Waals surface area contributed by atoms with Gasteiger partial charge in [-0.15, -0.1) is 10.2 Å². The number of hydrogen-bond donors (Lipinski definition) is 1. The molecule has 2 heterocycles. The van der Waals surface area contributed by atoms with Crippen LogP contribution in [-0.4, -0.2) is 21.6 Å². The van der Waals surface area contributed by atoms with E-state index in [1.807, 2.05) is 6.92 Å². The molecule has 2 aromatic heterocycles. The fourth-order valence-corrected chi connectivity index (χ4v) is 5.76. The van der Waals surface area contributed by atoms with Crippen molar-refractivity contribution >= 4 is 28.5 Å². The molecule has 3 aromatic rings. The second-order valence-electron chi connectivity index (χ2n) is 9.33. The summed E-state index contributed by atoms with van der Waals surface area (Å²) in [4.78, 5) is 13.2. The van der Waals surface area contributed by atoms with Gasteiger partial charge in [-0.25, -0.2) is 0 Å². The molecule has 2 fully saturated rings. The fourth-order valence-electron chi connectivity index (χ4n) is 5.50. The molecule has 0 saturated heterocycles. The van der Waals surface area contributed by atoms with Crippen LogP contribution in [0.25, 0.3) is 11.0 Å². The zero-order chi connectivity index (χ0) is 23.6. The van der Waals surface area contributed by atoms with Gasteiger partial charge < -0.3 is 14.2 Å². The minimum atomic E-state index is -4.63. The molecule has 5 rings (SSSR count). The van der Waals surface area contributed by atoms with Gasteiger partial charge in [0.15, 0.2) is 0 Å². The number of nitrogens with zero attached hydrogens (tertiary/aromatic N) is 2. The van der Waals surface area contributed by atoms with Crippen LogP contribution in [0.3, 0.4) is 0 Å². The Bertz CT molecular complexity index is 1240. The third kappa shape index (κ3) is 3.61. The van der Waals surface area contributed by atoms with Gasteiger partial charge in [0, 0.05) is 17.8 Å². The molecule has 0 radical (unpaired) electrons. The predicted octanol–water partition coefficient (Wildman–Crippen LogP) is 6.13. The van der Waals surface area contributed by atoms with Gasteiger partial charge in [0.05, 0.1) is 16.0 Å². The first-order chi connectivity index (χ1) is 15.6. The van der Waals surface area contributed by atoms with E-state index in [1.54, 1.807) is 13.0 Å². The van der Waals surface area contributed by atoms with Crippen LogP contribution in [0.1, 0.15) is 78.9 Å². The van der Waals surface area contributed by atoms with E-state index in [9.17, 15) is 18.0 Å². The number of benzene rings is 1. The van der Waals surface area contributed by atoms with Crippen LogP contribution >= 0.6 is 11.6 Å². The van der Waals surface area contributed by atoms with Crippen molar-refractivity contribution in [3.63, 3.8) is 0 Å². The second kappa shape index (κ2) is 7.48. The summed E-state index contributed by atoms with van der Waals surface area (Å²) >= 11 is 6.40. The quantitative estimate of drug-likeness (QED) is 0.474. The van der Waals surface area contributed by atoms with E-state index in [2.05, 4.69) is 15.5 Å². The first kappa shape index (κ1) is 22.3. The number of carbonyl (C=O) groups excluding carboxylic acids is 1. The van der Waals surface area contributed by atoms with Crippen molar-refractivity contribution in [3.05, 3.63) is 45.8 Å². The van der Waals surface area contributed by atoms with Gasteiger partial charge in [-0.05, 0) is 56.2 Å². The average Bonchev–Trinajstić information content (AvgIpc) is 3.50. The lowest BCUT2D eigenvalue weighted by molar-refractivity contribution is -0.136. The van der Waals surface area contributed by atoms with Gasteiger partial charge in [-0.1, -0.05) is 24.9 Å². The summed E-state index contributed by atoms with van der Waals surface area (Å²) in [5.41, 5.74) is -1.64. The zero-order valence-electron chi connectivity index (χ0n) is 18.2. The lowest BCUT2D eigenvalue weighted by Crippen LogP contribution is -2.45. The zero-order valence-corrected chi connectivity index (χ0v) is 19.0. The Labute approximate surface area is 192 Å². The maximum atomic E-state index is 13.7. The SMILES string of the molecule is CCCc1cc(C(F)(F)F)c2oc(C(=O)NC34CCC(c5nnc(C)o5)(CC3)C4)c(Cl)c2c1. The Morgan fingerprint density at radius 2 is 1.91 bits per heavy atom. The highest BCUT2D eigenvalue weighted by molar-refractivity contribution is 6.38. The number of furan rings is 1. The van der Waals surface area contributed by atoms with E-state index in [1.165, 1.54) is 0 Å². The first-order valence-corrected chi connectivity index (χ1v) is 11.4. The molecular formula is C23H23ClF3N3O3. The van der Waals surface area contributed by atoms with Gasteiger partial charge in [-0.2, -0.15) is 13.2 Å². The molecule has 2 saturated carbocycles. The standard InChI is InChI=1S/C23H23ClF3N3O3/c1-3-4-13-9-14-16(24)18(33-17(14)15(10-13)23(25,26)27)19(31)28-22-7-5-21(11-22,6-8-22)20-30-29-12(2)32-20/h9-10H,3-8,11H2,1-2H3,(H,28,31). The Hall–Kier alpha value is -2.55. The fraction of sp³-hybridized carbons (Fsp3) is 0.522.